The first-order valence-corrected chi connectivity index (χ1v) is 7.81. The molecule has 20 heavy (non-hydrogen) atoms. The summed E-state index contributed by atoms with van der Waals surface area (Å²) in [5.41, 5.74) is 0.880. The van der Waals surface area contributed by atoms with Crippen LogP contribution in [-0.2, 0) is 6.54 Å². The summed E-state index contributed by atoms with van der Waals surface area (Å²) < 4.78 is 6.89. The number of benzene rings is 1. The van der Waals surface area contributed by atoms with Gasteiger partial charge in [0.15, 0.2) is 0 Å². The standard InChI is InChI=1S/C16H23BrN2O/c1-4-19-11-13-7-5-8-14(17)15(13)20-10-6-9-16(2,3)12-18/h5,7-8,19H,4,6,9-11H2,1-3H3. The van der Waals surface area contributed by atoms with E-state index in [0.717, 1.165) is 41.7 Å². The van der Waals surface area contributed by atoms with Crippen LogP contribution in [0.3, 0.4) is 0 Å². The van der Waals surface area contributed by atoms with E-state index in [1.807, 2.05) is 26.0 Å². The van der Waals surface area contributed by atoms with Gasteiger partial charge in [-0.15, -0.1) is 0 Å². The van der Waals surface area contributed by atoms with E-state index in [-0.39, 0.29) is 5.41 Å². The summed E-state index contributed by atoms with van der Waals surface area (Å²) in [7, 11) is 0. The molecule has 0 aliphatic rings. The number of para-hydroxylation sites is 1. The van der Waals surface area contributed by atoms with Crippen molar-refractivity contribution in [1.29, 1.82) is 5.26 Å². The monoisotopic (exact) mass is 338 g/mol. The zero-order chi connectivity index (χ0) is 15.0. The molecule has 1 aromatic rings. The molecule has 1 N–H and O–H groups in total. The molecule has 4 heteroatoms. The maximum atomic E-state index is 8.99. The van der Waals surface area contributed by atoms with Gasteiger partial charge in [0.25, 0.3) is 0 Å². The van der Waals surface area contributed by atoms with E-state index in [1.54, 1.807) is 0 Å². The molecule has 110 valence electrons. The normalized spacial score (nSPS) is 11.2. The van der Waals surface area contributed by atoms with E-state index in [4.69, 9.17) is 10.00 Å². The summed E-state index contributed by atoms with van der Waals surface area (Å²) in [6, 6.07) is 8.39. The molecule has 0 amide bonds. The average molecular weight is 339 g/mol. The lowest BCUT2D eigenvalue weighted by Crippen LogP contribution is -2.14. The zero-order valence-corrected chi connectivity index (χ0v) is 14.1. The maximum absolute atomic E-state index is 8.99. The van der Waals surface area contributed by atoms with Crippen LogP contribution in [0.4, 0.5) is 0 Å². The number of hydrogen-bond acceptors (Lipinski definition) is 3. The molecule has 0 aromatic heterocycles. The molecule has 0 aliphatic heterocycles. The van der Waals surface area contributed by atoms with E-state index in [1.165, 1.54) is 0 Å². The van der Waals surface area contributed by atoms with Gasteiger partial charge in [0, 0.05) is 12.1 Å². The topological polar surface area (TPSA) is 45.0 Å². The number of nitrogens with zero attached hydrogens (tertiary/aromatic N) is 1. The molecule has 0 saturated carbocycles. The molecule has 0 bridgehead atoms. The molecular weight excluding hydrogens is 316 g/mol. The number of nitriles is 1. The summed E-state index contributed by atoms with van der Waals surface area (Å²) in [4.78, 5) is 0. The minimum atomic E-state index is -0.274. The number of ether oxygens (including phenoxy) is 1. The van der Waals surface area contributed by atoms with Crippen molar-refractivity contribution in [3.8, 4) is 11.8 Å². The fourth-order valence-electron chi connectivity index (χ4n) is 1.86. The van der Waals surface area contributed by atoms with Gasteiger partial charge < -0.3 is 10.1 Å². The van der Waals surface area contributed by atoms with Crippen LogP contribution in [0.5, 0.6) is 5.75 Å². The molecule has 0 aliphatic carbocycles. The third-order valence-corrected chi connectivity index (χ3v) is 3.73. The lowest BCUT2D eigenvalue weighted by Gasteiger charge is -2.17. The molecule has 0 atom stereocenters. The van der Waals surface area contributed by atoms with E-state index in [2.05, 4.69) is 40.3 Å². The molecule has 1 rings (SSSR count). The van der Waals surface area contributed by atoms with Crippen molar-refractivity contribution >= 4 is 15.9 Å². The van der Waals surface area contributed by atoms with Gasteiger partial charge in [-0.1, -0.05) is 19.1 Å². The third-order valence-electron chi connectivity index (χ3n) is 3.11. The van der Waals surface area contributed by atoms with Crippen molar-refractivity contribution in [3.63, 3.8) is 0 Å². The van der Waals surface area contributed by atoms with Crippen LogP contribution >= 0.6 is 15.9 Å². The molecule has 3 nitrogen and oxygen atoms in total. The fourth-order valence-corrected chi connectivity index (χ4v) is 2.38. The average Bonchev–Trinajstić information content (AvgIpc) is 2.43. The summed E-state index contributed by atoms with van der Waals surface area (Å²) in [5, 5.41) is 12.3. The largest absolute Gasteiger partial charge is 0.492 e. The van der Waals surface area contributed by atoms with Gasteiger partial charge in [0.2, 0.25) is 0 Å². The minimum Gasteiger partial charge on any atom is -0.492 e. The smallest absolute Gasteiger partial charge is 0.137 e. The molecule has 0 unspecified atom stereocenters. The Hall–Kier alpha value is -1.05. The van der Waals surface area contributed by atoms with Crippen molar-refractivity contribution < 1.29 is 4.74 Å². The Balaban J connectivity index is 2.57. The van der Waals surface area contributed by atoms with Crippen LogP contribution < -0.4 is 10.1 Å². The van der Waals surface area contributed by atoms with Gasteiger partial charge in [0.05, 0.1) is 22.6 Å². The van der Waals surface area contributed by atoms with E-state index >= 15 is 0 Å². The highest BCUT2D eigenvalue weighted by molar-refractivity contribution is 9.10. The molecule has 0 radical (unpaired) electrons. The van der Waals surface area contributed by atoms with E-state index in [0.29, 0.717) is 6.61 Å². The summed E-state index contributed by atoms with van der Waals surface area (Å²) in [6.45, 7) is 8.37. The van der Waals surface area contributed by atoms with Gasteiger partial charge in [0.1, 0.15) is 5.75 Å². The van der Waals surface area contributed by atoms with E-state index < -0.39 is 0 Å². The first-order valence-electron chi connectivity index (χ1n) is 7.02. The van der Waals surface area contributed by atoms with Gasteiger partial charge in [-0.2, -0.15) is 5.26 Å². The Morgan fingerprint density at radius 2 is 2.15 bits per heavy atom. The van der Waals surface area contributed by atoms with Crippen molar-refractivity contribution in [2.24, 2.45) is 5.41 Å². The third kappa shape index (κ3) is 5.52. The van der Waals surface area contributed by atoms with Crippen LogP contribution in [0.2, 0.25) is 0 Å². The number of rotatable bonds is 8. The Bertz CT molecular complexity index is 466. The molecular formula is C16H23BrN2O. The first-order chi connectivity index (χ1) is 9.50. The number of nitrogens with one attached hydrogen (secondary N) is 1. The fraction of sp³-hybridized carbons (Fsp3) is 0.562. The molecule has 0 spiro atoms. The predicted molar refractivity (Wildman–Crippen MR) is 85.6 cm³/mol. The lowest BCUT2D eigenvalue weighted by atomic mass is 9.90. The highest BCUT2D eigenvalue weighted by atomic mass is 79.9. The number of hydrogen-bond donors (Lipinski definition) is 1. The summed E-state index contributed by atoms with van der Waals surface area (Å²) in [6.07, 6.45) is 1.72. The minimum absolute atomic E-state index is 0.274. The molecule has 1 aromatic carbocycles. The van der Waals surface area contributed by atoms with Gasteiger partial charge in [-0.3, -0.25) is 0 Å². The van der Waals surface area contributed by atoms with Crippen molar-refractivity contribution in [2.75, 3.05) is 13.2 Å². The van der Waals surface area contributed by atoms with Crippen LogP contribution in [0.15, 0.2) is 22.7 Å². The summed E-state index contributed by atoms with van der Waals surface area (Å²) in [5.74, 6) is 0.906. The van der Waals surface area contributed by atoms with Crippen LogP contribution in [-0.4, -0.2) is 13.2 Å². The van der Waals surface area contributed by atoms with Crippen LogP contribution in [0.25, 0.3) is 0 Å². The predicted octanol–water partition coefficient (Wildman–Crippen LogP) is 4.27. The Morgan fingerprint density at radius 1 is 1.40 bits per heavy atom. The second-order valence-corrected chi connectivity index (χ2v) is 6.31. The molecule has 0 heterocycles. The highest BCUT2D eigenvalue weighted by Crippen LogP contribution is 2.29. The van der Waals surface area contributed by atoms with Crippen molar-refractivity contribution in [3.05, 3.63) is 28.2 Å². The first kappa shape index (κ1) is 17.0. The quantitative estimate of drug-likeness (QED) is 0.720. The Morgan fingerprint density at radius 3 is 2.80 bits per heavy atom. The number of halogens is 1. The molecule has 0 fully saturated rings. The Kier molecular flexibility index (Phi) is 7.04. The van der Waals surface area contributed by atoms with Gasteiger partial charge in [-0.05, 0) is 55.2 Å². The summed E-state index contributed by atoms with van der Waals surface area (Å²) >= 11 is 3.54. The van der Waals surface area contributed by atoms with Gasteiger partial charge >= 0.3 is 0 Å². The van der Waals surface area contributed by atoms with E-state index in [9.17, 15) is 0 Å². The second-order valence-electron chi connectivity index (χ2n) is 5.46. The maximum Gasteiger partial charge on any atom is 0.137 e. The van der Waals surface area contributed by atoms with Crippen molar-refractivity contribution in [1.82, 2.24) is 5.32 Å². The highest BCUT2D eigenvalue weighted by Gasteiger charge is 2.16. The molecule has 0 saturated heterocycles. The van der Waals surface area contributed by atoms with Crippen LogP contribution in [0.1, 0.15) is 39.2 Å². The lowest BCUT2D eigenvalue weighted by molar-refractivity contribution is 0.280. The zero-order valence-electron chi connectivity index (χ0n) is 12.5. The van der Waals surface area contributed by atoms with Crippen molar-refractivity contribution in [2.45, 2.75) is 40.2 Å². The Labute approximate surface area is 130 Å². The van der Waals surface area contributed by atoms with Crippen LogP contribution in [0, 0.1) is 16.7 Å². The van der Waals surface area contributed by atoms with Gasteiger partial charge in [-0.25, -0.2) is 0 Å². The SMILES string of the molecule is CCNCc1cccc(Br)c1OCCCC(C)(C)C#N. The second kappa shape index (κ2) is 8.28.